The van der Waals surface area contributed by atoms with Gasteiger partial charge in [-0.1, -0.05) is 0 Å². The van der Waals surface area contributed by atoms with Gasteiger partial charge in [-0.3, -0.25) is 0 Å². The molecule has 52 valence electrons. The van der Waals surface area contributed by atoms with E-state index < -0.39 is 0 Å². The Hall–Kier alpha value is -0.190. The molecule has 2 nitrogen and oxygen atoms in total. The van der Waals surface area contributed by atoms with E-state index in [1.54, 1.807) is 6.33 Å². The second-order valence-electron chi connectivity index (χ2n) is 2.44. The Morgan fingerprint density at radius 1 is 1.30 bits per heavy atom. The molecule has 0 spiro atoms. The number of aromatic nitrogens is 2. The van der Waals surface area contributed by atoms with Gasteiger partial charge in [0.15, 0.2) is 0 Å². The van der Waals surface area contributed by atoms with E-state index >= 15 is 0 Å². The fourth-order valence-electron chi connectivity index (χ4n) is 1.32. The van der Waals surface area contributed by atoms with E-state index in [1.165, 1.54) is 24.1 Å². The Labute approximate surface area is 73.2 Å². The summed E-state index contributed by atoms with van der Waals surface area (Å²) in [6, 6.07) is 0. The van der Waals surface area contributed by atoms with E-state index in [2.05, 4.69) is 32.6 Å². The Bertz CT molecular complexity index is 260. The minimum absolute atomic E-state index is 1.14. The number of hydrogen-bond donors (Lipinski definition) is 0. The fourth-order valence-corrected chi connectivity index (χ4v) is 2.03. The van der Waals surface area contributed by atoms with E-state index in [0.717, 1.165) is 10.1 Å². The van der Waals surface area contributed by atoms with Crippen molar-refractivity contribution < 1.29 is 0 Å². The van der Waals surface area contributed by atoms with Crippen LogP contribution in [0.3, 0.4) is 0 Å². The molecule has 0 bridgehead atoms. The van der Waals surface area contributed by atoms with E-state index in [-0.39, 0.29) is 0 Å². The van der Waals surface area contributed by atoms with Gasteiger partial charge in [-0.2, -0.15) is 0 Å². The number of nitrogens with zero attached hydrogens (tertiary/aromatic N) is 2. The maximum Gasteiger partial charge on any atom is 0.116 e. The summed E-state index contributed by atoms with van der Waals surface area (Å²) in [4.78, 5) is 8.33. The maximum absolute atomic E-state index is 4.20. The van der Waals surface area contributed by atoms with E-state index in [4.69, 9.17) is 0 Å². The van der Waals surface area contributed by atoms with Gasteiger partial charge in [-0.25, -0.2) is 9.97 Å². The third-order valence-corrected chi connectivity index (χ3v) is 2.75. The van der Waals surface area contributed by atoms with Crippen LogP contribution < -0.4 is 0 Å². The van der Waals surface area contributed by atoms with Gasteiger partial charge in [-0.05, 0) is 41.9 Å². The molecule has 0 atom stereocenters. The third kappa shape index (κ3) is 0.923. The number of halogens is 1. The van der Waals surface area contributed by atoms with Gasteiger partial charge in [0.2, 0.25) is 0 Å². The molecule has 0 amide bonds. The highest BCUT2D eigenvalue weighted by Crippen LogP contribution is 2.22. The zero-order valence-corrected chi connectivity index (χ0v) is 7.63. The van der Waals surface area contributed by atoms with Gasteiger partial charge in [0.1, 0.15) is 10.0 Å². The highest BCUT2D eigenvalue weighted by Gasteiger charge is 2.14. The second kappa shape index (κ2) is 2.45. The smallest absolute Gasteiger partial charge is 0.116 e. The van der Waals surface area contributed by atoms with Crippen molar-refractivity contribution in [1.29, 1.82) is 0 Å². The molecule has 0 aliphatic heterocycles. The van der Waals surface area contributed by atoms with E-state index in [9.17, 15) is 0 Å². The van der Waals surface area contributed by atoms with Crippen molar-refractivity contribution >= 4 is 22.6 Å². The minimum Gasteiger partial charge on any atom is -0.241 e. The summed E-state index contributed by atoms with van der Waals surface area (Å²) in [6.07, 6.45) is 5.23. The second-order valence-corrected chi connectivity index (χ2v) is 3.47. The predicted molar refractivity (Wildman–Crippen MR) is 46.8 cm³/mol. The zero-order chi connectivity index (χ0) is 6.97. The number of rotatable bonds is 0. The van der Waals surface area contributed by atoms with Gasteiger partial charge in [0.25, 0.3) is 0 Å². The molecule has 2 rings (SSSR count). The molecule has 1 aliphatic carbocycles. The van der Waals surface area contributed by atoms with Crippen molar-refractivity contribution in [3.05, 3.63) is 21.3 Å². The van der Waals surface area contributed by atoms with Crippen LogP contribution in [0.2, 0.25) is 0 Å². The van der Waals surface area contributed by atoms with Crippen molar-refractivity contribution in [2.75, 3.05) is 0 Å². The summed E-state index contributed by atoms with van der Waals surface area (Å²) in [5, 5.41) is 0. The quantitative estimate of drug-likeness (QED) is 0.513. The molecule has 10 heavy (non-hydrogen) atoms. The molecule has 0 N–H and O–H groups in total. The van der Waals surface area contributed by atoms with Crippen LogP contribution in [0.4, 0.5) is 0 Å². The highest BCUT2D eigenvalue weighted by molar-refractivity contribution is 14.1. The fraction of sp³-hybridized carbons (Fsp3) is 0.429. The monoisotopic (exact) mass is 246 g/mol. The third-order valence-electron chi connectivity index (χ3n) is 1.82. The normalized spacial score (nSPS) is 15.3. The molecule has 0 aromatic carbocycles. The van der Waals surface area contributed by atoms with Crippen molar-refractivity contribution in [1.82, 2.24) is 9.97 Å². The lowest BCUT2D eigenvalue weighted by Crippen LogP contribution is -1.93. The first-order valence-electron chi connectivity index (χ1n) is 3.36. The van der Waals surface area contributed by atoms with Crippen LogP contribution in [0.15, 0.2) is 6.33 Å². The first-order valence-corrected chi connectivity index (χ1v) is 4.44. The molecule has 3 heteroatoms. The van der Waals surface area contributed by atoms with Gasteiger partial charge < -0.3 is 0 Å². The molecular weight excluding hydrogens is 239 g/mol. The Morgan fingerprint density at radius 2 is 2.20 bits per heavy atom. The number of hydrogen-bond acceptors (Lipinski definition) is 2. The summed E-state index contributed by atoms with van der Waals surface area (Å²) in [6.45, 7) is 0. The van der Waals surface area contributed by atoms with Crippen LogP contribution >= 0.6 is 22.6 Å². The van der Waals surface area contributed by atoms with Crippen LogP contribution in [0, 0.1) is 3.70 Å². The van der Waals surface area contributed by atoms with Crippen LogP contribution in [0.1, 0.15) is 17.7 Å². The van der Waals surface area contributed by atoms with Gasteiger partial charge in [0.05, 0.1) is 0 Å². The van der Waals surface area contributed by atoms with E-state index in [1.807, 2.05) is 0 Å². The van der Waals surface area contributed by atoms with Gasteiger partial charge >= 0.3 is 0 Å². The van der Waals surface area contributed by atoms with Crippen molar-refractivity contribution in [3.8, 4) is 0 Å². The lowest BCUT2D eigenvalue weighted by atomic mass is 10.3. The molecule has 1 heterocycles. The molecule has 0 saturated heterocycles. The largest absolute Gasteiger partial charge is 0.241 e. The van der Waals surface area contributed by atoms with Gasteiger partial charge in [0, 0.05) is 11.3 Å². The highest BCUT2D eigenvalue weighted by atomic mass is 127. The van der Waals surface area contributed by atoms with Crippen molar-refractivity contribution in [2.24, 2.45) is 0 Å². The summed E-state index contributed by atoms with van der Waals surface area (Å²) in [5.74, 6) is 0. The van der Waals surface area contributed by atoms with Crippen LogP contribution in [0.25, 0.3) is 0 Å². The summed E-state index contributed by atoms with van der Waals surface area (Å²) in [5.41, 5.74) is 2.64. The average Bonchev–Trinajstić information content (AvgIpc) is 2.36. The van der Waals surface area contributed by atoms with E-state index in [0.29, 0.717) is 0 Å². The lowest BCUT2D eigenvalue weighted by molar-refractivity contribution is 0.899. The number of fused-ring (bicyclic) bond motifs is 1. The first kappa shape index (κ1) is 6.52. The molecule has 0 fully saturated rings. The topological polar surface area (TPSA) is 25.8 Å². The maximum atomic E-state index is 4.20. The molecule has 1 aromatic rings. The molecule has 0 radical (unpaired) electrons. The average molecular weight is 246 g/mol. The standard InChI is InChI=1S/C7H7IN2/c8-7-5-2-1-3-6(5)9-4-10-7/h4H,1-3H2. The Kier molecular flexibility index (Phi) is 1.60. The van der Waals surface area contributed by atoms with Gasteiger partial charge in [-0.15, -0.1) is 0 Å². The predicted octanol–water partition coefficient (Wildman–Crippen LogP) is 1.57. The van der Waals surface area contributed by atoms with Crippen LogP contribution in [0.5, 0.6) is 0 Å². The minimum atomic E-state index is 1.14. The first-order chi connectivity index (χ1) is 4.88. The van der Waals surface area contributed by atoms with Crippen molar-refractivity contribution in [3.63, 3.8) is 0 Å². The molecule has 1 aromatic heterocycles. The zero-order valence-electron chi connectivity index (χ0n) is 5.47. The Morgan fingerprint density at radius 3 is 3.00 bits per heavy atom. The SMILES string of the molecule is Ic1ncnc2c1CCC2. The summed E-state index contributed by atoms with van der Waals surface area (Å²) < 4.78 is 1.14. The summed E-state index contributed by atoms with van der Waals surface area (Å²) >= 11 is 2.27. The molecular formula is C7H7IN2. The van der Waals surface area contributed by atoms with Crippen LogP contribution in [-0.2, 0) is 12.8 Å². The molecule has 0 saturated carbocycles. The van der Waals surface area contributed by atoms with Crippen molar-refractivity contribution in [2.45, 2.75) is 19.3 Å². The number of aryl methyl sites for hydroxylation is 1. The Balaban J connectivity index is 2.59. The summed E-state index contributed by atoms with van der Waals surface area (Å²) in [7, 11) is 0. The molecule has 0 unspecified atom stereocenters. The molecule has 1 aliphatic rings. The van der Waals surface area contributed by atoms with Crippen LogP contribution in [-0.4, -0.2) is 9.97 Å². The lowest BCUT2D eigenvalue weighted by Gasteiger charge is -1.96.